The summed E-state index contributed by atoms with van der Waals surface area (Å²) in [6.07, 6.45) is 0. The van der Waals surface area contributed by atoms with E-state index in [1.807, 2.05) is 0 Å². The van der Waals surface area contributed by atoms with Crippen LogP contribution < -0.4 is 10.5 Å². The molecule has 0 amide bonds. The maximum absolute atomic E-state index is 5.50. The lowest BCUT2D eigenvalue weighted by Crippen LogP contribution is -1.94. The molecule has 0 spiro atoms. The van der Waals surface area contributed by atoms with Gasteiger partial charge in [0, 0.05) is 6.07 Å². The average molecular weight is 282 g/mol. The van der Waals surface area contributed by atoms with Crippen LogP contribution in [0.25, 0.3) is 0 Å². The second-order valence-electron chi connectivity index (χ2n) is 1.85. The van der Waals surface area contributed by atoms with Crippen molar-refractivity contribution in [2.75, 3.05) is 12.8 Å². The van der Waals surface area contributed by atoms with Gasteiger partial charge in [0.05, 0.1) is 11.6 Å². The largest absolute Gasteiger partial charge is 0.494 e. The van der Waals surface area contributed by atoms with E-state index in [4.69, 9.17) is 10.5 Å². The van der Waals surface area contributed by atoms with E-state index >= 15 is 0 Å². The fraction of sp³-hybridized carbons (Fsp3) is 0.167. The number of ether oxygens (including phenoxy) is 1. The number of methoxy groups -OCH3 is 1. The Morgan fingerprint density at radius 3 is 2.73 bits per heavy atom. The molecular weight excluding hydrogens is 276 g/mol. The minimum atomic E-state index is 0.442. The summed E-state index contributed by atoms with van der Waals surface area (Å²) >= 11 is 6.44. The van der Waals surface area contributed by atoms with E-state index in [9.17, 15) is 0 Å². The molecule has 11 heavy (non-hydrogen) atoms. The molecule has 0 fully saturated rings. The highest BCUT2D eigenvalue weighted by atomic mass is 79.9. The van der Waals surface area contributed by atoms with Crippen molar-refractivity contribution in [1.82, 2.24) is 4.98 Å². The van der Waals surface area contributed by atoms with Crippen molar-refractivity contribution in [2.45, 2.75) is 0 Å². The molecule has 1 heterocycles. The van der Waals surface area contributed by atoms with Crippen LogP contribution >= 0.6 is 31.9 Å². The van der Waals surface area contributed by atoms with Crippen molar-refractivity contribution in [3.63, 3.8) is 0 Å². The van der Waals surface area contributed by atoms with Gasteiger partial charge >= 0.3 is 0 Å². The number of nitrogen functional groups attached to an aromatic ring is 1. The molecule has 1 aromatic rings. The molecule has 1 rings (SSSR count). The van der Waals surface area contributed by atoms with E-state index in [1.54, 1.807) is 13.2 Å². The quantitative estimate of drug-likeness (QED) is 0.803. The summed E-state index contributed by atoms with van der Waals surface area (Å²) in [5, 5.41) is 0. The van der Waals surface area contributed by atoms with Crippen LogP contribution in [0.15, 0.2) is 15.1 Å². The molecule has 0 aliphatic rings. The first-order chi connectivity index (χ1) is 5.15. The Kier molecular flexibility index (Phi) is 2.72. The Labute approximate surface area is 81.2 Å². The van der Waals surface area contributed by atoms with Crippen LogP contribution in [0.2, 0.25) is 0 Å². The molecule has 0 saturated carbocycles. The van der Waals surface area contributed by atoms with E-state index in [0.29, 0.717) is 16.2 Å². The summed E-state index contributed by atoms with van der Waals surface area (Å²) in [6.45, 7) is 0. The van der Waals surface area contributed by atoms with Gasteiger partial charge in [0.2, 0.25) is 0 Å². The molecule has 3 nitrogen and oxygen atoms in total. The van der Waals surface area contributed by atoms with E-state index in [2.05, 4.69) is 36.8 Å². The van der Waals surface area contributed by atoms with Crippen LogP contribution in [-0.2, 0) is 0 Å². The summed E-state index contributed by atoms with van der Waals surface area (Å²) in [5.41, 5.74) is 5.50. The molecule has 0 aliphatic heterocycles. The molecule has 0 aromatic carbocycles. The van der Waals surface area contributed by atoms with Crippen LogP contribution in [0, 0.1) is 0 Å². The van der Waals surface area contributed by atoms with Gasteiger partial charge < -0.3 is 10.5 Å². The van der Waals surface area contributed by atoms with E-state index in [-0.39, 0.29) is 0 Å². The topological polar surface area (TPSA) is 48.1 Å². The van der Waals surface area contributed by atoms with Crippen LogP contribution in [-0.4, -0.2) is 12.1 Å². The summed E-state index contributed by atoms with van der Waals surface area (Å²) < 4.78 is 6.33. The van der Waals surface area contributed by atoms with Gasteiger partial charge in [-0.1, -0.05) is 0 Å². The Bertz CT molecular complexity index is 278. The SMILES string of the molecule is COc1cc(Br)c(N)nc1Br. The first-order valence-electron chi connectivity index (χ1n) is 2.80. The molecule has 0 atom stereocenters. The summed E-state index contributed by atoms with van der Waals surface area (Å²) in [7, 11) is 1.57. The number of anilines is 1. The monoisotopic (exact) mass is 280 g/mol. The lowest BCUT2D eigenvalue weighted by atomic mass is 10.4. The Balaban J connectivity index is 3.21. The number of aromatic nitrogens is 1. The third kappa shape index (κ3) is 1.84. The zero-order valence-electron chi connectivity index (χ0n) is 5.77. The van der Waals surface area contributed by atoms with Crippen LogP contribution in [0.4, 0.5) is 5.82 Å². The lowest BCUT2D eigenvalue weighted by Gasteiger charge is -2.03. The third-order valence-corrected chi connectivity index (χ3v) is 2.35. The first kappa shape index (κ1) is 8.80. The summed E-state index contributed by atoms with van der Waals surface area (Å²) in [6, 6.07) is 1.76. The molecular formula is C6H6Br2N2O. The number of hydrogen-bond donors (Lipinski definition) is 1. The number of halogens is 2. The van der Waals surface area contributed by atoms with Crippen molar-refractivity contribution < 1.29 is 4.74 Å². The fourth-order valence-electron chi connectivity index (χ4n) is 0.606. The van der Waals surface area contributed by atoms with Gasteiger partial charge in [-0.15, -0.1) is 0 Å². The molecule has 5 heteroatoms. The number of hydrogen-bond acceptors (Lipinski definition) is 3. The lowest BCUT2D eigenvalue weighted by molar-refractivity contribution is 0.409. The van der Waals surface area contributed by atoms with Gasteiger partial charge in [0.25, 0.3) is 0 Å². The van der Waals surface area contributed by atoms with Gasteiger partial charge in [-0.05, 0) is 31.9 Å². The highest BCUT2D eigenvalue weighted by Crippen LogP contribution is 2.29. The van der Waals surface area contributed by atoms with Crippen molar-refractivity contribution in [1.29, 1.82) is 0 Å². The second kappa shape index (κ2) is 3.40. The van der Waals surface area contributed by atoms with Gasteiger partial charge in [-0.25, -0.2) is 4.98 Å². The molecule has 0 radical (unpaired) electrons. The van der Waals surface area contributed by atoms with E-state index < -0.39 is 0 Å². The molecule has 1 aromatic heterocycles. The maximum atomic E-state index is 5.50. The Morgan fingerprint density at radius 1 is 1.55 bits per heavy atom. The van der Waals surface area contributed by atoms with Crippen molar-refractivity contribution in [2.24, 2.45) is 0 Å². The zero-order chi connectivity index (χ0) is 8.43. The van der Waals surface area contributed by atoms with Gasteiger partial charge in [-0.3, -0.25) is 0 Å². The fourth-order valence-corrected chi connectivity index (χ4v) is 1.37. The normalized spacial score (nSPS) is 9.73. The van der Waals surface area contributed by atoms with Crippen LogP contribution in [0.1, 0.15) is 0 Å². The first-order valence-corrected chi connectivity index (χ1v) is 4.39. The zero-order valence-corrected chi connectivity index (χ0v) is 8.94. The summed E-state index contributed by atoms with van der Waals surface area (Å²) in [4.78, 5) is 3.97. The Morgan fingerprint density at radius 2 is 2.18 bits per heavy atom. The van der Waals surface area contributed by atoms with E-state index in [1.165, 1.54) is 0 Å². The smallest absolute Gasteiger partial charge is 0.152 e. The maximum Gasteiger partial charge on any atom is 0.152 e. The highest BCUT2D eigenvalue weighted by Gasteiger charge is 2.04. The standard InChI is InChI=1S/C6H6Br2N2O/c1-11-4-2-3(7)6(9)10-5(4)8/h2H,1H3,(H2,9,10). The number of rotatable bonds is 1. The van der Waals surface area contributed by atoms with Crippen LogP contribution in [0.5, 0.6) is 5.75 Å². The average Bonchev–Trinajstić information content (AvgIpc) is 1.97. The number of pyridine rings is 1. The minimum absolute atomic E-state index is 0.442. The summed E-state index contributed by atoms with van der Waals surface area (Å²) in [5.74, 6) is 1.10. The van der Waals surface area contributed by atoms with Gasteiger partial charge in [0.1, 0.15) is 10.4 Å². The van der Waals surface area contributed by atoms with Crippen molar-refractivity contribution >= 4 is 37.7 Å². The number of nitrogens with two attached hydrogens (primary N) is 1. The second-order valence-corrected chi connectivity index (χ2v) is 3.45. The van der Waals surface area contributed by atoms with Crippen molar-refractivity contribution in [3.05, 3.63) is 15.1 Å². The molecule has 0 unspecified atom stereocenters. The third-order valence-electron chi connectivity index (χ3n) is 1.14. The van der Waals surface area contributed by atoms with Gasteiger partial charge in [0.15, 0.2) is 5.75 Å². The van der Waals surface area contributed by atoms with Crippen LogP contribution in [0.3, 0.4) is 0 Å². The van der Waals surface area contributed by atoms with Crippen molar-refractivity contribution in [3.8, 4) is 5.75 Å². The number of nitrogens with zero attached hydrogens (tertiary/aromatic N) is 1. The molecule has 0 saturated heterocycles. The predicted octanol–water partition coefficient (Wildman–Crippen LogP) is 2.20. The molecule has 0 bridgehead atoms. The highest BCUT2D eigenvalue weighted by molar-refractivity contribution is 9.11. The Hall–Kier alpha value is -0.290. The predicted molar refractivity (Wildman–Crippen MR) is 50.6 cm³/mol. The van der Waals surface area contributed by atoms with E-state index in [0.717, 1.165) is 4.47 Å². The molecule has 60 valence electrons. The molecule has 2 N–H and O–H groups in total. The minimum Gasteiger partial charge on any atom is -0.494 e. The van der Waals surface area contributed by atoms with Gasteiger partial charge in [-0.2, -0.15) is 0 Å². The molecule has 0 aliphatic carbocycles.